The van der Waals surface area contributed by atoms with Crippen molar-refractivity contribution in [1.29, 1.82) is 0 Å². The summed E-state index contributed by atoms with van der Waals surface area (Å²) in [4.78, 5) is 4.25. The number of rotatable bonds is 0. The molecule has 0 spiro atoms. The number of aromatic nitrogens is 1. The predicted octanol–water partition coefficient (Wildman–Crippen LogP) is 2.38. The Kier molecular flexibility index (Phi) is 3.95. The van der Waals surface area contributed by atoms with Crippen LogP contribution in [0.2, 0.25) is 0 Å². The molecule has 0 unspecified atom stereocenters. The monoisotopic (exact) mass is 319 g/mol. The maximum atomic E-state index is 4.25. The maximum Gasteiger partial charge on any atom is 0.0457 e. The molecule has 0 aromatic carbocycles. The summed E-state index contributed by atoms with van der Waals surface area (Å²) in [7, 11) is 0. The van der Waals surface area contributed by atoms with Crippen LogP contribution < -0.4 is 0 Å². The molecule has 0 saturated carbocycles. The third kappa shape index (κ3) is 3.16. The third-order valence-corrected chi connectivity index (χ3v) is 1.43. The SMILES string of the molecule is CC(C)(C)c1ccccn1.[W]. The zero-order chi connectivity index (χ0) is 7.61. The van der Waals surface area contributed by atoms with Crippen LogP contribution in [0.5, 0.6) is 0 Å². The first kappa shape index (κ1) is 10.8. The van der Waals surface area contributed by atoms with Crippen molar-refractivity contribution in [2.75, 3.05) is 0 Å². The van der Waals surface area contributed by atoms with Gasteiger partial charge in [-0.15, -0.1) is 0 Å². The first-order chi connectivity index (χ1) is 4.61. The average Bonchev–Trinajstić information content (AvgIpc) is 1.88. The molecule has 11 heavy (non-hydrogen) atoms. The summed E-state index contributed by atoms with van der Waals surface area (Å²) in [6.07, 6.45) is 1.83. The van der Waals surface area contributed by atoms with Gasteiger partial charge in [-0.05, 0) is 12.1 Å². The zero-order valence-electron chi connectivity index (χ0n) is 7.16. The van der Waals surface area contributed by atoms with Crippen LogP contribution in [0, 0.1) is 0 Å². The van der Waals surface area contributed by atoms with Gasteiger partial charge in [0.15, 0.2) is 0 Å². The minimum atomic E-state index is 0. The Morgan fingerprint density at radius 2 is 1.82 bits per heavy atom. The Morgan fingerprint density at radius 3 is 2.09 bits per heavy atom. The van der Waals surface area contributed by atoms with Crippen LogP contribution in [0.3, 0.4) is 0 Å². The van der Waals surface area contributed by atoms with Crippen molar-refractivity contribution in [3.8, 4) is 0 Å². The van der Waals surface area contributed by atoms with Crippen molar-refractivity contribution in [3.63, 3.8) is 0 Å². The van der Waals surface area contributed by atoms with Crippen molar-refractivity contribution in [2.45, 2.75) is 26.2 Å². The number of hydrogen-bond donors (Lipinski definition) is 0. The largest absolute Gasteiger partial charge is 0.261 e. The van der Waals surface area contributed by atoms with E-state index in [2.05, 4.69) is 31.8 Å². The van der Waals surface area contributed by atoms with Crippen LogP contribution in [-0.2, 0) is 26.5 Å². The van der Waals surface area contributed by atoms with Crippen LogP contribution in [0.25, 0.3) is 0 Å². The zero-order valence-corrected chi connectivity index (χ0v) is 10.1. The topological polar surface area (TPSA) is 12.9 Å². The van der Waals surface area contributed by atoms with Gasteiger partial charge in [0.2, 0.25) is 0 Å². The smallest absolute Gasteiger partial charge is 0.0457 e. The fraction of sp³-hybridized carbons (Fsp3) is 0.444. The molecule has 1 rings (SSSR count). The molecule has 0 atom stereocenters. The molecule has 0 aliphatic carbocycles. The van der Waals surface area contributed by atoms with Gasteiger partial charge in [-0.3, -0.25) is 4.98 Å². The van der Waals surface area contributed by atoms with Crippen LogP contribution in [0.15, 0.2) is 24.4 Å². The Morgan fingerprint density at radius 1 is 1.18 bits per heavy atom. The molecule has 1 nitrogen and oxygen atoms in total. The molecule has 1 aromatic heterocycles. The second kappa shape index (κ2) is 4.01. The minimum absolute atomic E-state index is 0. The van der Waals surface area contributed by atoms with E-state index < -0.39 is 0 Å². The van der Waals surface area contributed by atoms with Crippen LogP contribution in [0.4, 0.5) is 0 Å². The van der Waals surface area contributed by atoms with Gasteiger partial charge in [0.25, 0.3) is 0 Å². The van der Waals surface area contributed by atoms with Gasteiger partial charge in [-0.1, -0.05) is 26.8 Å². The fourth-order valence-corrected chi connectivity index (χ4v) is 0.806. The Hall–Kier alpha value is -0.162. The number of pyridine rings is 1. The molecule has 0 fully saturated rings. The Balaban J connectivity index is 0.000001000. The van der Waals surface area contributed by atoms with Crippen molar-refractivity contribution in [3.05, 3.63) is 30.1 Å². The van der Waals surface area contributed by atoms with Crippen LogP contribution >= 0.6 is 0 Å². The molecule has 0 N–H and O–H groups in total. The Bertz CT molecular complexity index is 201. The van der Waals surface area contributed by atoms with Gasteiger partial charge >= 0.3 is 0 Å². The predicted molar refractivity (Wildman–Crippen MR) is 42.9 cm³/mol. The second-order valence-electron chi connectivity index (χ2n) is 3.46. The van der Waals surface area contributed by atoms with Gasteiger partial charge in [0.05, 0.1) is 0 Å². The van der Waals surface area contributed by atoms with Gasteiger partial charge in [0, 0.05) is 38.4 Å². The van der Waals surface area contributed by atoms with Crippen LogP contribution in [0.1, 0.15) is 26.5 Å². The number of hydrogen-bond acceptors (Lipinski definition) is 1. The van der Waals surface area contributed by atoms with E-state index in [4.69, 9.17) is 0 Å². The van der Waals surface area contributed by atoms with E-state index in [1.54, 1.807) is 0 Å². The first-order valence-electron chi connectivity index (χ1n) is 3.52. The van der Waals surface area contributed by atoms with Crippen molar-refractivity contribution in [2.24, 2.45) is 0 Å². The van der Waals surface area contributed by atoms with Gasteiger partial charge in [-0.25, -0.2) is 0 Å². The van der Waals surface area contributed by atoms with E-state index in [0.717, 1.165) is 5.69 Å². The summed E-state index contributed by atoms with van der Waals surface area (Å²) in [5, 5.41) is 0. The second-order valence-corrected chi connectivity index (χ2v) is 3.46. The van der Waals surface area contributed by atoms with Crippen LogP contribution in [-0.4, -0.2) is 4.98 Å². The molecule has 0 aliphatic rings. The molecular formula is C9H13NW. The van der Waals surface area contributed by atoms with Crippen molar-refractivity contribution >= 4 is 0 Å². The van der Waals surface area contributed by atoms with E-state index in [9.17, 15) is 0 Å². The van der Waals surface area contributed by atoms with Gasteiger partial charge in [-0.2, -0.15) is 0 Å². The van der Waals surface area contributed by atoms with Crippen molar-refractivity contribution < 1.29 is 21.1 Å². The maximum absolute atomic E-state index is 4.25. The third-order valence-electron chi connectivity index (χ3n) is 1.43. The summed E-state index contributed by atoms with van der Waals surface area (Å²) < 4.78 is 0. The van der Waals surface area contributed by atoms with E-state index in [0.29, 0.717) is 0 Å². The van der Waals surface area contributed by atoms with E-state index in [1.807, 2.05) is 18.3 Å². The fourth-order valence-electron chi connectivity index (χ4n) is 0.806. The molecule has 0 radical (unpaired) electrons. The van der Waals surface area contributed by atoms with Gasteiger partial charge in [0.1, 0.15) is 0 Å². The molecular weight excluding hydrogens is 306 g/mol. The molecule has 1 heterocycles. The standard InChI is InChI=1S/C9H13N.W/c1-9(2,3)8-6-4-5-7-10-8;/h4-7H,1-3H3;. The molecule has 0 aliphatic heterocycles. The molecule has 60 valence electrons. The number of nitrogens with zero attached hydrogens (tertiary/aromatic N) is 1. The van der Waals surface area contributed by atoms with Gasteiger partial charge < -0.3 is 0 Å². The van der Waals surface area contributed by atoms with Crippen molar-refractivity contribution in [1.82, 2.24) is 4.98 Å². The van der Waals surface area contributed by atoms with E-state index in [-0.39, 0.29) is 26.5 Å². The molecule has 0 bridgehead atoms. The summed E-state index contributed by atoms with van der Waals surface area (Å²) in [5.41, 5.74) is 1.33. The molecule has 0 saturated heterocycles. The summed E-state index contributed by atoms with van der Waals surface area (Å²) in [6, 6.07) is 6.02. The summed E-state index contributed by atoms with van der Waals surface area (Å²) >= 11 is 0. The quantitative estimate of drug-likeness (QED) is 0.715. The van der Waals surface area contributed by atoms with E-state index >= 15 is 0 Å². The first-order valence-corrected chi connectivity index (χ1v) is 3.52. The normalized spacial score (nSPS) is 10.5. The molecule has 2 heteroatoms. The summed E-state index contributed by atoms with van der Waals surface area (Å²) in [6.45, 7) is 6.49. The molecule has 1 aromatic rings. The minimum Gasteiger partial charge on any atom is -0.261 e. The molecule has 0 amide bonds. The Labute approximate surface area is 82.5 Å². The van der Waals surface area contributed by atoms with E-state index in [1.165, 1.54) is 0 Å². The average molecular weight is 319 g/mol. The summed E-state index contributed by atoms with van der Waals surface area (Å²) in [5.74, 6) is 0.